The van der Waals surface area contributed by atoms with E-state index >= 15 is 0 Å². The smallest absolute Gasteiger partial charge is 0.414 e. The highest BCUT2D eigenvalue weighted by atomic mass is 16.6. The Kier molecular flexibility index (Phi) is 4.87. The van der Waals surface area contributed by atoms with Gasteiger partial charge in [0.2, 0.25) is 0 Å². The summed E-state index contributed by atoms with van der Waals surface area (Å²) in [7, 11) is 0. The molecule has 9 nitrogen and oxygen atoms in total. The SMILES string of the molecule is O=C(NCc1ccnc(-n2cccn2)c1)Nc1cccc(N2CCOC2=O)c1. The van der Waals surface area contributed by atoms with Crippen molar-refractivity contribution < 1.29 is 14.3 Å². The first-order valence-corrected chi connectivity index (χ1v) is 8.73. The van der Waals surface area contributed by atoms with Gasteiger partial charge in [0.05, 0.1) is 6.54 Å². The molecule has 0 atom stereocenters. The van der Waals surface area contributed by atoms with Crippen molar-refractivity contribution in [1.29, 1.82) is 0 Å². The van der Waals surface area contributed by atoms with E-state index in [1.807, 2.05) is 18.2 Å². The number of hydrogen-bond acceptors (Lipinski definition) is 5. The van der Waals surface area contributed by atoms with Gasteiger partial charge >= 0.3 is 12.1 Å². The van der Waals surface area contributed by atoms with Crippen molar-refractivity contribution in [2.24, 2.45) is 0 Å². The number of aromatic nitrogens is 3. The van der Waals surface area contributed by atoms with Crippen LogP contribution in [0, 0.1) is 0 Å². The summed E-state index contributed by atoms with van der Waals surface area (Å²) in [6.45, 7) is 1.19. The molecule has 1 aliphatic heterocycles. The van der Waals surface area contributed by atoms with Gasteiger partial charge in [-0.15, -0.1) is 0 Å². The number of pyridine rings is 1. The van der Waals surface area contributed by atoms with Gasteiger partial charge in [0.25, 0.3) is 0 Å². The summed E-state index contributed by atoms with van der Waals surface area (Å²) in [6, 6.07) is 12.2. The Hall–Kier alpha value is -3.88. The maximum atomic E-state index is 12.2. The highest BCUT2D eigenvalue weighted by Gasteiger charge is 2.23. The molecule has 1 aromatic carbocycles. The van der Waals surface area contributed by atoms with Gasteiger partial charge in [-0.25, -0.2) is 19.3 Å². The van der Waals surface area contributed by atoms with Gasteiger partial charge in [0.1, 0.15) is 6.61 Å². The Morgan fingerprint density at radius 2 is 2.11 bits per heavy atom. The first-order chi connectivity index (χ1) is 13.7. The Bertz CT molecular complexity index is 989. The molecule has 28 heavy (non-hydrogen) atoms. The van der Waals surface area contributed by atoms with E-state index in [1.54, 1.807) is 47.5 Å². The molecule has 0 aliphatic carbocycles. The average molecular weight is 378 g/mol. The molecule has 0 saturated carbocycles. The summed E-state index contributed by atoms with van der Waals surface area (Å²) in [5.74, 6) is 0.676. The molecular weight excluding hydrogens is 360 g/mol. The van der Waals surface area contributed by atoms with Gasteiger partial charge in [0, 0.05) is 36.5 Å². The van der Waals surface area contributed by atoms with E-state index in [1.165, 1.54) is 4.90 Å². The Morgan fingerprint density at radius 1 is 1.18 bits per heavy atom. The Morgan fingerprint density at radius 3 is 2.89 bits per heavy atom. The maximum absolute atomic E-state index is 12.2. The maximum Gasteiger partial charge on any atom is 0.414 e. The molecule has 4 rings (SSSR count). The topological polar surface area (TPSA) is 101 Å². The monoisotopic (exact) mass is 378 g/mol. The number of rotatable bonds is 5. The largest absolute Gasteiger partial charge is 0.447 e. The van der Waals surface area contributed by atoms with E-state index in [0.29, 0.717) is 36.9 Å². The van der Waals surface area contributed by atoms with Crippen molar-refractivity contribution in [2.45, 2.75) is 6.54 Å². The zero-order chi connectivity index (χ0) is 19.3. The van der Waals surface area contributed by atoms with Crippen molar-refractivity contribution in [1.82, 2.24) is 20.1 Å². The predicted molar refractivity (Wildman–Crippen MR) is 102 cm³/mol. The Labute approximate surface area is 160 Å². The van der Waals surface area contributed by atoms with Crippen LogP contribution in [0.15, 0.2) is 61.1 Å². The summed E-state index contributed by atoms with van der Waals surface area (Å²) >= 11 is 0. The third kappa shape index (κ3) is 3.93. The number of benzene rings is 1. The van der Waals surface area contributed by atoms with Gasteiger partial charge < -0.3 is 15.4 Å². The van der Waals surface area contributed by atoms with E-state index in [4.69, 9.17) is 4.74 Å². The first kappa shape index (κ1) is 17.5. The minimum atomic E-state index is -0.382. The second kappa shape index (κ2) is 7.78. The zero-order valence-electron chi connectivity index (χ0n) is 14.9. The summed E-state index contributed by atoms with van der Waals surface area (Å²) < 4.78 is 6.59. The van der Waals surface area contributed by atoms with Crippen LogP contribution in [0.3, 0.4) is 0 Å². The van der Waals surface area contributed by atoms with Crippen molar-refractivity contribution in [3.05, 3.63) is 66.6 Å². The number of anilines is 2. The molecule has 1 aliphatic rings. The van der Waals surface area contributed by atoms with E-state index in [2.05, 4.69) is 20.7 Å². The summed E-state index contributed by atoms with van der Waals surface area (Å²) in [5.41, 5.74) is 2.16. The van der Waals surface area contributed by atoms with Gasteiger partial charge in [-0.3, -0.25) is 4.90 Å². The average Bonchev–Trinajstić information content (AvgIpc) is 3.39. The summed E-state index contributed by atoms with van der Waals surface area (Å²) in [4.78, 5) is 29.7. The van der Waals surface area contributed by atoms with Crippen LogP contribution in [0.5, 0.6) is 0 Å². The second-order valence-corrected chi connectivity index (χ2v) is 6.10. The Balaban J connectivity index is 1.36. The highest BCUT2D eigenvalue weighted by Crippen LogP contribution is 2.22. The van der Waals surface area contributed by atoms with Crippen LogP contribution in [-0.2, 0) is 11.3 Å². The van der Waals surface area contributed by atoms with Crippen molar-refractivity contribution in [3.8, 4) is 5.82 Å². The normalized spacial score (nSPS) is 13.3. The minimum Gasteiger partial charge on any atom is -0.447 e. The fourth-order valence-electron chi connectivity index (χ4n) is 2.84. The number of hydrogen-bond donors (Lipinski definition) is 2. The lowest BCUT2D eigenvalue weighted by Crippen LogP contribution is -2.28. The molecule has 0 radical (unpaired) electrons. The standard InChI is InChI=1S/C19H18N6O3/c26-18(21-13-14-5-7-20-17(11-14)25-8-2-6-22-25)23-15-3-1-4-16(12-15)24-9-10-28-19(24)27/h1-8,11-12H,9-10,13H2,(H2,21,23,26). The summed E-state index contributed by atoms with van der Waals surface area (Å²) in [6.07, 6.45) is 4.77. The zero-order valence-corrected chi connectivity index (χ0v) is 14.9. The van der Waals surface area contributed by atoms with Crippen LogP contribution in [0.25, 0.3) is 5.82 Å². The fourth-order valence-corrected chi connectivity index (χ4v) is 2.84. The van der Waals surface area contributed by atoms with Crippen LogP contribution < -0.4 is 15.5 Å². The number of cyclic esters (lactones) is 1. The van der Waals surface area contributed by atoms with E-state index in [-0.39, 0.29) is 12.1 Å². The number of nitrogens with one attached hydrogen (secondary N) is 2. The van der Waals surface area contributed by atoms with Crippen molar-refractivity contribution >= 4 is 23.5 Å². The van der Waals surface area contributed by atoms with E-state index in [9.17, 15) is 9.59 Å². The molecule has 1 saturated heterocycles. The molecule has 9 heteroatoms. The van der Waals surface area contributed by atoms with Crippen LogP contribution in [0.4, 0.5) is 21.0 Å². The number of carbonyl (C=O) groups excluding carboxylic acids is 2. The molecular formula is C19H18N6O3. The fraction of sp³-hybridized carbons (Fsp3) is 0.158. The third-order valence-corrected chi connectivity index (χ3v) is 4.18. The lowest BCUT2D eigenvalue weighted by molar-refractivity contribution is 0.181. The van der Waals surface area contributed by atoms with Gasteiger partial charge in [-0.2, -0.15) is 5.10 Å². The number of ether oxygens (including phenoxy) is 1. The first-order valence-electron chi connectivity index (χ1n) is 8.73. The third-order valence-electron chi connectivity index (χ3n) is 4.18. The van der Waals surface area contributed by atoms with Crippen LogP contribution in [0.1, 0.15) is 5.56 Å². The second-order valence-electron chi connectivity index (χ2n) is 6.10. The number of nitrogens with zero attached hydrogens (tertiary/aromatic N) is 4. The number of amides is 3. The molecule has 3 aromatic rings. The lowest BCUT2D eigenvalue weighted by atomic mass is 10.2. The quantitative estimate of drug-likeness (QED) is 0.710. The van der Waals surface area contributed by atoms with Gasteiger partial charge in [-0.1, -0.05) is 6.07 Å². The van der Waals surface area contributed by atoms with Crippen molar-refractivity contribution in [3.63, 3.8) is 0 Å². The molecule has 2 N–H and O–H groups in total. The molecule has 2 aromatic heterocycles. The molecule has 1 fully saturated rings. The summed E-state index contributed by atoms with van der Waals surface area (Å²) in [5, 5.41) is 9.72. The van der Waals surface area contributed by atoms with Crippen LogP contribution in [0.2, 0.25) is 0 Å². The van der Waals surface area contributed by atoms with Crippen LogP contribution in [-0.4, -0.2) is 40.0 Å². The molecule has 0 bridgehead atoms. The van der Waals surface area contributed by atoms with Crippen LogP contribution >= 0.6 is 0 Å². The molecule has 0 unspecified atom stereocenters. The lowest BCUT2D eigenvalue weighted by Gasteiger charge is -2.14. The molecule has 142 valence electrons. The molecule has 3 heterocycles. The van der Waals surface area contributed by atoms with Gasteiger partial charge in [-0.05, 0) is 42.0 Å². The number of carbonyl (C=O) groups is 2. The highest BCUT2D eigenvalue weighted by molar-refractivity contribution is 5.93. The molecule has 3 amide bonds. The van der Waals surface area contributed by atoms with Crippen molar-refractivity contribution in [2.75, 3.05) is 23.4 Å². The van der Waals surface area contributed by atoms with Gasteiger partial charge in [0.15, 0.2) is 5.82 Å². The van der Waals surface area contributed by atoms with E-state index in [0.717, 1.165) is 5.56 Å². The van der Waals surface area contributed by atoms with E-state index < -0.39 is 0 Å². The number of urea groups is 1. The minimum absolute atomic E-state index is 0.334. The molecule has 0 spiro atoms. The predicted octanol–water partition coefficient (Wildman–Crippen LogP) is 2.55.